The van der Waals surface area contributed by atoms with Crippen LogP contribution in [0.1, 0.15) is 68.1 Å². The van der Waals surface area contributed by atoms with Gasteiger partial charge in [-0.15, -0.1) is 5.92 Å². The van der Waals surface area contributed by atoms with Crippen molar-refractivity contribution in [3.8, 4) is 23.3 Å². The predicted octanol–water partition coefficient (Wildman–Crippen LogP) is 4.18. The van der Waals surface area contributed by atoms with Crippen LogP contribution in [-0.4, -0.2) is 46.7 Å². The number of phenolic OH excluding ortho intramolecular Hbond substituents is 1. The fraction of sp³-hybridized carbons (Fsp3) is 0.467. The quantitative estimate of drug-likeness (QED) is 0.377. The summed E-state index contributed by atoms with van der Waals surface area (Å²) < 4.78 is 5.28. The van der Waals surface area contributed by atoms with Gasteiger partial charge in [0.15, 0.2) is 29.2 Å². The van der Waals surface area contributed by atoms with Gasteiger partial charge in [-0.2, -0.15) is 0 Å². The zero-order chi connectivity index (χ0) is 26.1. The molecule has 0 aliphatic heterocycles. The van der Waals surface area contributed by atoms with E-state index in [0.717, 1.165) is 29.5 Å². The van der Waals surface area contributed by atoms with Crippen molar-refractivity contribution < 1.29 is 29.6 Å². The van der Waals surface area contributed by atoms with Crippen LogP contribution in [0, 0.1) is 23.7 Å². The third-order valence-electron chi connectivity index (χ3n) is 6.98. The first-order valence-corrected chi connectivity index (χ1v) is 12.7. The summed E-state index contributed by atoms with van der Waals surface area (Å²) in [7, 11) is 1.46. The number of methoxy groups -OCH3 is 1. The minimum Gasteiger partial charge on any atom is -0.504 e. The second kappa shape index (κ2) is 13.2. The highest BCUT2D eigenvalue weighted by atomic mass is 16.5. The molecule has 0 bridgehead atoms. The van der Waals surface area contributed by atoms with E-state index in [1.54, 1.807) is 12.1 Å². The van der Waals surface area contributed by atoms with E-state index in [4.69, 9.17) is 4.74 Å². The monoisotopic (exact) mass is 492 g/mol. The first-order valence-electron chi connectivity index (χ1n) is 12.7. The molecule has 3 rings (SSSR count). The molecule has 2 aromatic rings. The van der Waals surface area contributed by atoms with Crippen LogP contribution in [-0.2, 0) is 16.0 Å². The molecule has 0 amide bonds. The number of aliphatic hydroxyl groups excluding tert-OH is 2. The van der Waals surface area contributed by atoms with Gasteiger partial charge in [0, 0.05) is 25.4 Å². The summed E-state index contributed by atoms with van der Waals surface area (Å²) in [6.07, 6.45) is 1.62. The highest BCUT2D eigenvalue weighted by Gasteiger charge is 2.31. The lowest BCUT2D eigenvalue weighted by atomic mass is 9.83. The Morgan fingerprint density at radius 3 is 2.53 bits per heavy atom. The predicted molar refractivity (Wildman–Crippen MR) is 138 cm³/mol. The summed E-state index contributed by atoms with van der Waals surface area (Å²) in [6.45, 7) is 2.09. The van der Waals surface area contributed by atoms with E-state index >= 15 is 0 Å². The Balaban J connectivity index is 2.04. The van der Waals surface area contributed by atoms with Gasteiger partial charge in [0.25, 0.3) is 0 Å². The maximum absolute atomic E-state index is 13.1. The Hall–Kier alpha value is -3.14. The first kappa shape index (κ1) is 27.4. The lowest BCUT2D eigenvalue weighted by Gasteiger charge is -2.22. The average Bonchev–Trinajstić information content (AvgIpc) is 2.90. The Bertz CT molecular complexity index is 1100. The normalized spacial score (nSPS) is 21.4. The molecule has 0 fully saturated rings. The van der Waals surface area contributed by atoms with Crippen LogP contribution < -0.4 is 4.74 Å². The second-order valence-electron chi connectivity index (χ2n) is 9.47. The van der Waals surface area contributed by atoms with Gasteiger partial charge in [-0.3, -0.25) is 9.59 Å². The van der Waals surface area contributed by atoms with Crippen molar-refractivity contribution in [2.24, 2.45) is 11.8 Å². The zero-order valence-electron chi connectivity index (χ0n) is 21.1. The van der Waals surface area contributed by atoms with E-state index < -0.39 is 23.6 Å². The van der Waals surface area contributed by atoms with Crippen molar-refractivity contribution in [2.75, 3.05) is 13.7 Å². The van der Waals surface area contributed by atoms with E-state index in [2.05, 4.69) is 11.8 Å². The van der Waals surface area contributed by atoms with Crippen molar-refractivity contribution in [1.82, 2.24) is 0 Å². The number of hydrogen-bond donors (Lipinski definition) is 3. The number of carbonyl (C=O) groups excluding carboxylic acids is 2. The molecule has 36 heavy (non-hydrogen) atoms. The Kier molecular flexibility index (Phi) is 10.1. The molecule has 0 radical (unpaired) electrons. The van der Waals surface area contributed by atoms with Gasteiger partial charge < -0.3 is 20.1 Å². The molecule has 4 unspecified atom stereocenters. The third kappa shape index (κ3) is 6.75. The van der Waals surface area contributed by atoms with Crippen molar-refractivity contribution in [2.45, 2.75) is 63.9 Å². The Labute approximate surface area is 213 Å². The molecule has 0 aromatic heterocycles. The number of aliphatic hydroxyl groups is 2. The van der Waals surface area contributed by atoms with Crippen LogP contribution in [0.2, 0.25) is 0 Å². The summed E-state index contributed by atoms with van der Waals surface area (Å²) in [4.78, 5) is 26.0. The Morgan fingerprint density at radius 1 is 1.11 bits per heavy atom. The summed E-state index contributed by atoms with van der Waals surface area (Å²) in [5, 5.41) is 30.8. The number of hydrogen-bond acceptors (Lipinski definition) is 6. The number of carbonyl (C=O) groups is 2. The SMILES string of the molecule is CCCC(CO)CCC1CC#CC(c2ccccc2)c2cc(O)c(OC)cc2CCC(=O)C(O)C1=O. The van der Waals surface area contributed by atoms with Crippen LogP contribution in [0.25, 0.3) is 0 Å². The highest BCUT2D eigenvalue weighted by molar-refractivity contribution is 6.06. The van der Waals surface area contributed by atoms with Crippen LogP contribution >= 0.6 is 0 Å². The number of aryl methyl sites for hydroxylation is 1. The number of rotatable bonds is 8. The fourth-order valence-electron chi connectivity index (χ4n) is 4.84. The summed E-state index contributed by atoms with van der Waals surface area (Å²) in [6, 6.07) is 13.0. The number of ether oxygens (including phenoxy) is 1. The van der Waals surface area contributed by atoms with E-state index in [1.165, 1.54) is 7.11 Å². The molecule has 3 N–H and O–H groups in total. The molecular formula is C30H36O6. The topological polar surface area (TPSA) is 104 Å². The van der Waals surface area contributed by atoms with Gasteiger partial charge in [0.05, 0.1) is 13.0 Å². The van der Waals surface area contributed by atoms with E-state index in [1.807, 2.05) is 37.3 Å². The first-order chi connectivity index (χ1) is 17.4. The summed E-state index contributed by atoms with van der Waals surface area (Å²) in [5.41, 5.74) is 2.47. The number of phenols is 1. The number of ketones is 2. The molecule has 6 heteroatoms. The van der Waals surface area contributed by atoms with Gasteiger partial charge in [-0.25, -0.2) is 0 Å². The maximum atomic E-state index is 13.1. The standard InChI is InChI=1S/C30H36O6/c1-3-8-20(19-31)13-14-22-11-7-12-24(21-9-5-4-6-10-21)25-18-27(33)28(36-2)17-23(25)15-16-26(32)30(35)29(22)34/h4-6,9-10,17-18,20,22,24,30-31,33,35H,3,8,11,13-16,19H2,1-2H3. The van der Waals surface area contributed by atoms with E-state index in [-0.39, 0.29) is 49.2 Å². The van der Waals surface area contributed by atoms with Crippen molar-refractivity contribution in [3.63, 3.8) is 0 Å². The second-order valence-corrected chi connectivity index (χ2v) is 9.47. The Morgan fingerprint density at radius 2 is 1.86 bits per heavy atom. The van der Waals surface area contributed by atoms with Gasteiger partial charge in [-0.1, -0.05) is 49.6 Å². The van der Waals surface area contributed by atoms with Crippen LogP contribution in [0.4, 0.5) is 0 Å². The van der Waals surface area contributed by atoms with Crippen molar-refractivity contribution >= 4 is 11.6 Å². The lowest BCUT2D eigenvalue weighted by molar-refractivity contribution is -0.141. The number of benzene rings is 2. The smallest absolute Gasteiger partial charge is 0.172 e. The number of fused-ring (bicyclic) bond motifs is 1. The number of aromatic hydroxyl groups is 1. The molecule has 192 valence electrons. The average molecular weight is 493 g/mol. The highest BCUT2D eigenvalue weighted by Crippen LogP contribution is 2.36. The third-order valence-corrected chi connectivity index (χ3v) is 6.98. The van der Waals surface area contributed by atoms with Gasteiger partial charge in [0.1, 0.15) is 0 Å². The lowest BCUT2D eigenvalue weighted by Crippen LogP contribution is -2.35. The zero-order valence-corrected chi connectivity index (χ0v) is 21.1. The molecular weight excluding hydrogens is 456 g/mol. The molecule has 2 aromatic carbocycles. The van der Waals surface area contributed by atoms with E-state index in [9.17, 15) is 24.9 Å². The fourth-order valence-corrected chi connectivity index (χ4v) is 4.84. The van der Waals surface area contributed by atoms with Gasteiger partial charge in [0.2, 0.25) is 0 Å². The largest absolute Gasteiger partial charge is 0.504 e. The van der Waals surface area contributed by atoms with Crippen molar-refractivity contribution in [1.29, 1.82) is 0 Å². The maximum Gasteiger partial charge on any atom is 0.172 e. The minimum absolute atomic E-state index is 0.0172. The molecule has 0 saturated heterocycles. The molecule has 0 saturated carbocycles. The molecule has 6 nitrogen and oxygen atoms in total. The minimum atomic E-state index is -1.69. The van der Waals surface area contributed by atoms with Gasteiger partial charge >= 0.3 is 0 Å². The van der Waals surface area contributed by atoms with Crippen LogP contribution in [0.3, 0.4) is 0 Å². The summed E-state index contributed by atoms with van der Waals surface area (Å²) in [5.74, 6) is 4.82. The molecule has 1 aliphatic rings. The van der Waals surface area contributed by atoms with Crippen LogP contribution in [0.15, 0.2) is 42.5 Å². The molecule has 0 spiro atoms. The molecule has 1 aliphatic carbocycles. The van der Waals surface area contributed by atoms with E-state index in [0.29, 0.717) is 12.8 Å². The van der Waals surface area contributed by atoms with Crippen LogP contribution in [0.5, 0.6) is 11.5 Å². The summed E-state index contributed by atoms with van der Waals surface area (Å²) >= 11 is 0. The molecule has 0 heterocycles. The number of Topliss-reactive ketones (excluding diaryl/α,β-unsaturated/α-hetero) is 2. The molecule has 4 atom stereocenters. The van der Waals surface area contributed by atoms with Gasteiger partial charge in [-0.05, 0) is 60.4 Å². The van der Waals surface area contributed by atoms with Crippen molar-refractivity contribution in [3.05, 3.63) is 59.2 Å².